The standard InChI is InChI=1S/C34H50N6O9Si2/c1-21(2)50(22(3)4)46-17-26-29(48-51(49-50,23(5)6)24(7)8)30(45-20-43-16-12-15-35)33(47-26)40-19-36-28-31(40)38-34(39-32(28)42)37-27(41)18-44-25-13-10-9-11-14-25/h9-11,13-14,19,21-24,26,29-30,33H,12,16-18,20H2,1-8H3,(H2,37,38,39,41,42)/t26-,29-,30-,33-/m1/s1. The second-order valence-corrected chi connectivity index (χ2v) is 22.9. The summed E-state index contributed by atoms with van der Waals surface area (Å²) in [5, 5.41) is 11.6. The Labute approximate surface area is 300 Å². The summed E-state index contributed by atoms with van der Waals surface area (Å²) in [6.07, 6.45) is -1.23. The van der Waals surface area contributed by atoms with Gasteiger partial charge in [0.15, 0.2) is 24.0 Å². The lowest BCUT2D eigenvalue weighted by Crippen LogP contribution is -2.66. The number of nitrogens with one attached hydrogen (secondary N) is 2. The van der Waals surface area contributed by atoms with Crippen LogP contribution < -0.4 is 15.6 Å². The van der Waals surface area contributed by atoms with Crippen molar-refractivity contribution in [3.8, 4) is 11.8 Å². The lowest BCUT2D eigenvalue weighted by Gasteiger charge is -2.51. The summed E-state index contributed by atoms with van der Waals surface area (Å²) >= 11 is 0. The van der Waals surface area contributed by atoms with Gasteiger partial charge in [0.1, 0.15) is 30.9 Å². The van der Waals surface area contributed by atoms with E-state index in [-0.39, 0.29) is 72.3 Å². The van der Waals surface area contributed by atoms with Crippen molar-refractivity contribution < 1.29 is 36.7 Å². The van der Waals surface area contributed by atoms with Crippen LogP contribution in [0, 0.1) is 11.3 Å². The average molecular weight is 743 g/mol. The van der Waals surface area contributed by atoms with Gasteiger partial charge in [-0.2, -0.15) is 10.2 Å². The third kappa shape index (κ3) is 8.13. The van der Waals surface area contributed by atoms with Crippen molar-refractivity contribution in [2.75, 3.05) is 31.9 Å². The minimum Gasteiger partial charge on any atom is -0.484 e. The van der Waals surface area contributed by atoms with Gasteiger partial charge in [-0.1, -0.05) is 73.6 Å². The van der Waals surface area contributed by atoms with Crippen molar-refractivity contribution in [2.45, 2.75) is 109 Å². The number of nitrogens with zero attached hydrogens (tertiary/aromatic N) is 4. The highest BCUT2D eigenvalue weighted by atomic mass is 28.5. The molecule has 278 valence electrons. The maximum atomic E-state index is 13.2. The first-order valence-electron chi connectivity index (χ1n) is 17.5. The van der Waals surface area contributed by atoms with Crippen molar-refractivity contribution in [3.63, 3.8) is 0 Å². The van der Waals surface area contributed by atoms with Crippen LogP contribution in [0.1, 0.15) is 68.0 Å². The maximum Gasteiger partial charge on any atom is 0.335 e. The fourth-order valence-corrected chi connectivity index (χ4v) is 18.0. The lowest BCUT2D eigenvalue weighted by molar-refractivity contribution is -0.137. The molecule has 0 unspecified atom stereocenters. The monoisotopic (exact) mass is 742 g/mol. The maximum absolute atomic E-state index is 13.2. The molecule has 1 amide bonds. The van der Waals surface area contributed by atoms with Crippen LogP contribution in [0.5, 0.6) is 5.75 Å². The third-order valence-corrected chi connectivity index (χ3v) is 19.6. The molecule has 2 aromatic heterocycles. The van der Waals surface area contributed by atoms with E-state index >= 15 is 0 Å². The predicted molar refractivity (Wildman–Crippen MR) is 192 cm³/mol. The topological polar surface area (TPSA) is 181 Å². The Morgan fingerprint density at radius 2 is 1.76 bits per heavy atom. The molecule has 0 spiro atoms. The van der Waals surface area contributed by atoms with Crippen molar-refractivity contribution in [3.05, 3.63) is 47.0 Å². The van der Waals surface area contributed by atoms with Crippen LogP contribution in [0.15, 0.2) is 41.5 Å². The first-order chi connectivity index (χ1) is 24.3. The molecule has 2 fully saturated rings. The van der Waals surface area contributed by atoms with Gasteiger partial charge in [-0.15, -0.1) is 0 Å². The molecule has 2 N–H and O–H groups in total. The first kappa shape index (κ1) is 38.7. The minimum atomic E-state index is -3.07. The zero-order chi connectivity index (χ0) is 36.9. The smallest absolute Gasteiger partial charge is 0.335 e. The van der Waals surface area contributed by atoms with E-state index in [1.54, 1.807) is 28.8 Å². The number of hydrogen-bond donors (Lipinski definition) is 2. The van der Waals surface area contributed by atoms with E-state index in [0.29, 0.717) is 5.75 Å². The number of benzene rings is 1. The van der Waals surface area contributed by atoms with Crippen LogP contribution in [-0.4, -0.2) is 87.5 Å². The Morgan fingerprint density at radius 3 is 2.41 bits per heavy atom. The molecule has 0 saturated carbocycles. The van der Waals surface area contributed by atoms with E-state index < -0.39 is 53.1 Å². The highest BCUT2D eigenvalue weighted by Gasteiger charge is 2.62. The van der Waals surface area contributed by atoms with Crippen LogP contribution in [0.25, 0.3) is 11.2 Å². The van der Waals surface area contributed by atoms with E-state index in [2.05, 4.69) is 81.7 Å². The van der Waals surface area contributed by atoms with Gasteiger partial charge in [0.25, 0.3) is 11.5 Å². The molecule has 4 heterocycles. The van der Waals surface area contributed by atoms with Gasteiger partial charge in [0.2, 0.25) is 5.95 Å². The van der Waals surface area contributed by atoms with E-state index in [1.807, 2.05) is 6.07 Å². The van der Waals surface area contributed by atoms with Gasteiger partial charge in [0, 0.05) is 0 Å². The molecule has 17 heteroatoms. The Bertz CT molecular complexity index is 1710. The summed E-state index contributed by atoms with van der Waals surface area (Å²) < 4.78 is 47.6. The summed E-state index contributed by atoms with van der Waals surface area (Å²) in [6.45, 7) is 17.1. The summed E-state index contributed by atoms with van der Waals surface area (Å²) in [6, 6.07) is 11.0. The fraction of sp³-hybridized carbons (Fsp3) is 0.618. The largest absolute Gasteiger partial charge is 0.484 e. The number of H-pyrrole nitrogens is 1. The number of anilines is 1. The number of para-hydroxylation sites is 1. The average Bonchev–Trinajstić information content (AvgIpc) is 3.64. The zero-order valence-corrected chi connectivity index (χ0v) is 32.6. The molecule has 1 aromatic carbocycles. The molecule has 4 atom stereocenters. The number of aromatic amines is 1. The van der Waals surface area contributed by atoms with E-state index in [4.69, 9.17) is 37.2 Å². The lowest BCUT2D eigenvalue weighted by atomic mass is 10.1. The van der Waals surface area contributed by atoms with Gasteiger partial charge >= 0.3 is 17.1 Å². The molecule has 15 nitrogen and oxygen atoms in total. The molecule has 0 aliphatic carbocycles. The molecule has 5 rings (SSSR count). The predicted octanol–water partition coefficient (Wildman–Crippen LogP) is 5.26. The minimum absolute atomic E-state index is 0.0464. The zero-order valence-electron chi connectivity index (χ0n) is 30.6. The Morgan fingerprint density at radius 1 is 1.08 bits per heavy atom. The quantitative estimate of drug-likeness (QED) is 0.124. The summed E-state index contributed by atoms with van der Waals surface area (Å²) in [4.78, 5) is 37.5. The summed E-state index contributed by atoms with van der Waals surface area (Å²) in [7, 11) is -5.93. The second-order valence-electron chi connectivity index (χ2n) is 14.1. The Balaban J connectivity index is 1.51. The van der Waals surface area contributed by atoms with Crippen LogP contribution in [-0.2, 0) is 32.0 Å². The number of imidazole rings is 1. The molecular formula is C34H50N6O9Si2. The molecule has 2 aliphatic heterocycles. The van der Waals surface area contributed by atoms with Gasteiger partial charge in [-0.05, 0) is 34.3 Å². The van der Waals surface area contributed by atoms with Crippen molar-refractivity contribution in [1.29, 1.82) is 5.26 Å². The van der Waals surface area contributed by atoms with Crippen LogP contribution in [0.3, 0.4) is 0 Å². The highest BCUT2D eigenvalue weighted by molar-refractivity contribution is 6.84. The number of aromatic nitrogens is 4. The number of amides is 1. The van der Waals surface area contributed by atoms with Gasteiger partial charge in [-0.25, -0.2) is 4.98 Å². The van der Waals surface area contributed by atoms with Crippen molar-refractivity contribution >= 4 is 40.1 Å². The number of carbonyl (C=O) groups is 1. The molecule has 2 saturated heterocycles. The van der Waals surface area contributed by atoms with Gasteiger partial charge < -0.3 is 31.9 Å². The SMILES string of the molecule is CC(C)[Si]1(C(C)C)OC[C@H]2O[C@@H](n3cnc4c(=O)[nH]c(NC(=O)COc5ccccc5)nc43)[C@H](OCOCCC#N)[C@@H]2O[Si](C(C)C)(C(C)C)O1. The number of nitriles is 1. The first-order valence-corrected chi connectivity index (χ1v) is 21.4. The number of carbonyl (C=O) groups excluding carboxylic acids is 1. The van der Waals surface area contributed by atoms with E-state index in [9.17, 15) is 9.59 Å². The molecular weight excluding hydrogens is 693 g/mol. The summed E-state index contributed by atoms with van der Waals surface area (Å²) in [5.74, 6) is -0.0751. The van der Waals surface area contributed by atoms with Gasteiger partial charge in [-0.3, -0.25) is 24.5 Å². The van der Waals surface area contributed by atoms with Gasteiger partial charge in [0.05, 0.1) is 32.0 Å². The molecule has 3 aromatic rings. The van der Waals surface area contributed by atoms with Crippen LogP contribution in [0.2, 0.25) is 22.2 Å². The fourth-order valence-electron chi connectivity index (χ4n) is 6.83. The molecule has 51 heavy (non-hydrogen) atoms. The third-order valence-electron chi connectivity index (χ3n) is 9.40. The summed E-state index contributed by atoms with van der Waals surface area (Å²) in [5.41, 5.74) is 0.0512. The molecule has 0 radical (unpaired) electrons. The molecule has 0 bridgehead atoms. The van der Waals surface area contributed by atoms with Crippen molar-refractivity contribution in [1.82, 2.24) is 19.5 Å². The van der Waals surface area contributed by atoms with Crippen LogP contribution in [0.4, 0.5) is 5.95 Å². The van der Waals surface area contributed by atoms with E-state index in [0.717, 1.165) is 0 Å². The molecule has 2 aliphatic rings. The number of hydrogen-bond acceptors (Lipinski definition) is 12. The normalized spacial score (nSPS) is 23.0. The Kier molecular flexibility index (Phi) is 12.5. The number of fused-ring (bicyclic) bond motifs is 2. The second kappa shape index (κ2) is 16.5. The van der Waals surface area contributed by atoms with Crippen LogP contribution >= 0.6 is 0 Å². The number of rotatable bonds is 14. The van der Waals surface area contributed by atoms with Crippen molar-refractivity contribution in [2.24, 2.45) is 0 Å². The highest BCUT2D eigenvalue weighted by Crippen LogP contribution is 2.49. The Hall–Kier alpha value is -3.48. The van der Waals surface area contributed by atoms with E-state index in [1.165, 1.54) is 6.33 Å². The number of ether oxygens (including phenoxy) is 4.